The van der Waals surface area contributed by atoms with Gasteiger partial charge in [-0.15, -0.1) is 10.2 Å². The molecule has 176 valence electrons. The maximum Gasteiger partial charge on any atom is 0.258 e. The standard InChI is InChI=1S/C28H28N6O/c1-17(2)16-34-19(4)26(28(35)29-21-12-9-18(3)10-13-21)24-15-20(11-14-25(24)34)22-7-5-6-8-23(22)27-30-32-33-31-27/h5-15,17H,16H2,1-4H3,(H,29,35)(H,30,31,32,33). The van der Waals surface area contributed by atoms with Crippen LogP contribution in [0.1, 0.15) is 35.5 Å². The Balaban J connectivity index is 1.66. The molecule has 2 heterocycles. The molecule has 0 aliphatic rings. The van der Waals surface area contributed by atoms with Crippen LogP contribution in [0.15, 0.2) is 66.7 Å². The van der Waals surface area contributed by atoms with Crippen molar-refractivity contribution in [3.63, 3.8) is 0 Å². The van der Waals surface area contributed by atoms with Crippen molar-refractivity contribution in [2.75, 3.05) is 5.32 Å². The van der Waals surface area contributed by atoms with Crippen LogP contribution in [0.3, 0.4) is 0 Å². The number of nitrogens with one attached hydrogen (secondary N) is 2. The van der Waals surface area contributed by atoms with Crippen molar-refractivity contribution >= 4 is 22.5 Å². The minimum absolute atomic E-state index is 0.109. The van der Waals surface area contributed by atoms with Crippen LogP contribution < -0.4 is 5.32 Å². The highest BCUT2D eigenvalue weighted by Crippen LogP contribution is 2.35. The first-order valence-corrected chi connectivity index (χ1v) is 11.8. The fourth-order valence-electron chi connectivity index (χ4n) is 4.57. The van der Waals surface area contributed by atoms with E-state index in [0.717, 1.165) is 51.1 Å². The predicted octanol–water partition coefficient (Wildman–Crippen LogP) is 6.01. The summed E-state index contributed by atoms with van der Waals surface area (Å²) in [5.74, 6) is 0.866. The van der Waals surface area contributed by atoms with E-state index in [2.05, 4.69) is 62.6 Å². The Morgan fingerprint density at radius 3 is 2.43 bits per heavy atom. The van der Waals surface area contributed by atoms with Gasteiger partial charge in [0.15, 0.2) is 0 Å². The van der Waals surface area contributed by atoms with Gasteiger partial charge >= 0.3 is 0 Å². The van der Waals surface area contributed by atoms with Gasteiger partial charge in [0.25, 0.3) is 5.91 Å². The van der Waals surface area contributed by atoms with Crippen LogP contribution in [0.25, 0.3) is 33.4 Å². The van der Waals surface area contributed by atoms with Crippen LogP contribution in [0.4, 0.5) is 5.69 Å². The maximum atomic E-state index is 13.6. The lowest BCUT2D eigenvalue weighted by molar-refractivity contribution is 0.102. The van der Waals surface area contributed by atoms with E-state index in [4.69, 9.17) is 0 Å². The van der Waals surface area contributed by atoms with E-state index in [1.165, 1.54) is 0 Å². The SMILES string of the molecule is Cc1ccc(NC(=O)c2c(C)n(CC(C)C)c3ccc(-c4ccccc4-c4nn[nH]n4)cc23)cc1. The second-order valence-electron chi connectivity index (χ2n) is 9.30. The number of hydrogen-bond donors (Lipinski definition) is 2. The summed E-state index contributed by atoms with van der Waals surface area (Å²) in [5.41, 5.74) is 7.48. The van der Waals surface area contributed by atoms with Crippen LogP contribution in [0, 0.1) is 19.8 Å². The lowest BCUT2D eigenvalue weighted by Gasteiger charge is -2.12. The molecule has 2 N–H and O–H groups in total. The monoisotopic (exact) mass is 464 g/mol. The van der Waals surface area contributed by atoms with Crippen molar-refractivity contribution in [3.8, 4) is 22.5 Å². The van der Waals surface area contributed by atoms with E-state index >= 15 is 0 Å². The fraction of sp³-hybridized carbons (Fsp3) is 0.214. The zero-order chi connectivity index (χ0) is 24.5. The number of benzene rings is 3. The minimum Gasteiger partial charge on any atom is -0.344 e. The van der Waals surface area contributed by atoms with E-state index in [1.54, 1.807) is 0 Å². The third-order valence-corrected chi connectivity index (χ3v) is 6.23. The van der Waals surface area contributed by atoms with Gasteiger partial charge in [-0.05, 0) is 60.4 Å². The summed E-state index contributed by atoms with van der Waals surface area (Å²) in [5, 5.41) is 18.6. The molecule has 0 bridgehead atoms. The molecule has 0 atom stereocenters. The second-order valence-corrected chi connectivity index (χ2v) is 9.30. The molecule has 35 heavy (non-hydrogen) atoms. The molecule has 3 aromatic carbocycles. The Bertz CT molecular complexity index is 1500. The number of carbonyl (C=O) groups excluding carboxylic acids is 1. The largest absolute Gasteiger partial charge is 0.344 e. The van der Waals surface area contributed by atoms with E-state index in [9.17, 15) is 4.79 Å². The molecule has 7 heteroatoms. The van der Waals surface area contributed by atoms with Gasteiger partial charge in [-0.25, -0.2) is 0 Å². The zero-order valence-electron chi connectivity index (χ0n) is 20.3. The van der Waals surface area contributed by atoms with Crippen molar-refractivity contribution in [2.24, 2.45) is 5.92 Å². The molecule has 0 aliphatic heterocycles. The number of hydrogen-bond acceptors (Lipinski definition) is 4. The minimum atomic E-state index is -0.109. The van der Waals surface area contributed by atoms with Gasteiger partial charge in [0.05, 0.1) is 5.56 Å². The first-order valence-electron chi connectivity index (χ1n) is 11.8. The van der Waals surface area contributed by atoms with Gasteiger partial charge in [0.2, 0.25) is 5.82 Å². The summed E-state index contributed by atoms with van der Waals surface area (Å²) >= 11 is 0. The molecular formula is C28H28N6O. The topological polar surface area (TPSA) is 88.5 Å². The molecule has 1 amide bonds. The summed E-state index contributed by atoms with van der Waals surface area (Å²) < 4.78 is 2.25. The third kappa shape index (κ3) is 4.33. The molecular weight excluding hydrogens is 436 g/mol. The Morgan fingerprint density at radius 1 is 1.00 bits per heavy atom. The van der Waals surface area contributed by atoms with Crippen LogP contribution in [-0.4, -0.2) is 31.1 Å². The number of carbonyl (C=O) groups is 1. The number of aryl methyl sites for hydroxylation is 1. The molecule has 0 radical (unpaired) electrons. The molecule has 5 aromatic rings. The lowest BCUT2D eigenvalue weighted by atomic mass is 9.97. The number of tetrazole rings is 1. The average molecular weight is 465 g/mol. The van der Waals surface area contributed by atoms with Gasteiger partial charge in [-0.2, -0.15) is 5.21 Å². The molecule has 0 aliphatic carbocycles. The fourth-order valence-corrected chi connectivity index (χ4v) is 4.57. The van der Waals surface area contributed by atoms with E-state index < -0.39 is 0 Å². The maximum absolute atomic E-state index is 13.6. The molecule has 0 unspecified atom stereocenters. The van der Waals surface area contributed by atoms with Crippen molar-refractivity contribution < 1.29 is 4.79 Å². The molecule has 0 saturated heterocycles. The van der Waals surface area contributed by atoms with Crippen LogP contribution in [-0.2, 0) is 6.54 Å². The van der Waals surface area contributed by atoms with Gasteiger partial charge < -0.3 is 9.88 Å². The Kier molecular flexibility index (Phi) is 5.91. The summed E-state index contributed by atoms with van der Waals surface area (Å²) in [4.78, 5) is 13.6. The highest BCUT2D eigenvalue weighted by molar-refractivity contribution is 6.14. The summed E-state index contributed by atoms with van der Waals surface area (Å²) in [6, 6.07) is 22.1. The van der Waals surface area contributed by atoms with Gasteiger partial charge in [-0.1, -0.05) is 61.9 Å². The molecule has 2 aromatic heterocycles. The first kappa shape index (κ1) is 22.5. The Morgan fingerprint density at radius 2 is 1.74 bits per heavy atom. The predicted molar refractivity (Wildman–Crippen MR) is 139 cm³/mol. The van der Waals surface area contributed by atoms with Crippen LogP contribution >= 0.6 is 0 Å². The Hall–Kier alpha value is -4.26. The molecule has 0 fully saturated rings. The van der Waals surface area contributed by atoms with E-state index in [0.29, 0.717) is 17.3 Å². The quantitative estimate of drug-likeness (QED) is 0.322. The van der Waals surface area contributed by atoms with Crippen molar-refractivity contribution in [3.05, 3.63) is 83.6 Å². The molecule has 0 saturated carbocycles. The summed E-state index contributed by atoms with van der Waals surface area (Å²) in [7, 11) is 0. The average Bonchev–Trinajstić information content (AvgIpc) is 3.47. The van der Waals surface area contributed by atoms with Crippen LogP contribution in [0.2, 0.25) is 0 Å². The normalized spacial score (nSPS) is 11.3. The molecule has 7 nitrogen and oxygen atoms in total. The lowest BCUT2D eigenvalue weighted by Crippen LogP contribution is -2.14. The number of amides is 1. The summed E-state index contributed by atoms with van der Waals surface area (Å²) in [6.45, 7) is 9.27. The van der Waals surface area contributed by atoms with Crippen molar-refractivity contribution in [1.82, 2.24) is 25.2 Å². The number of aromatic nitrogens is 5. The first-order chi connectivity index (χ1) is 16.9. The number of H-pyrrole nitrogens is 1. The van der Waals surface area contributed by atoms with Gasteiger partial charge in [0.1, 0.15) is 0 Å². The second kappa shape index (κ2) is 9.18. The van der Waals surface area contributed by atoms with Crippen LogP contribution in [0.5, 0.6) is 0 Å². The number of rotatable bonds is 6. The summed E-state index contributed by atoms with van der Waals surface area (Å²) in [6.07, 6.45) is 0. The smallest absolute Gasteiger partial charge is 0.258 e. The molecule has 5 rings (SSSR count). The number of aromatic amines is 1. The Labute approximate surface area is 204 Å². The van der Waals surface area contributed by atoms with E-state index in [-0.39, 0.29) is 5.91 Å². The number of nitrogens with zero attached hydrogens (tertiary/aromatic N) is 4. The third-order valence-electron chi connectivity index (χ3n) is 6.23. The van der Waals surface area contributed by atoms with Gasteiger partial charge in [0, 0.05) is 34.4 Å². The highest BCUT2D eigenvalue weighted by Gasteiger charge is 2.22. The number of anilines is 1. The highest BCUT2D eigenvalue weighted by atomic mass is 16.1. The van der Waals surface area contributed by atoms with Gasteiger partial charge in [-0.3, -0.25) is 4.79 Å². The van der Waals surface area contributed by atoms with Crippen molar-refractivity contribution in [2.45, 2.75) is 34.2 Å². The molecule has 0 spiro atoms. The zero-order valence-corrected chi connectivity index (χ0v) is 20.3. The van der Waals surface area contributed by atoms with E-state index in [1.807, 2.05) is 62.4 Å². The number of fused-ring (bicyclic) bond motifs is 1. The van der Waals surface area contributed by atoms with Crippen molar-refractivity contribution in [1.29, 1.82) is 0 Å².